The maximum atomic E-state index is 13.9. The van der Waals surface area contributed by atoms with Crippen molar-refractivity contribution >= 4 is 5.91 Å². The van der Waals surface area contributed by atoms with Crippen LogP contribution in [0.5, 0.6) is 11.5 Å². The molecule has 33 heavy (non-hydrogen) atoms. The van der Waals surface area contributed by atoms with Crippen LogP contribution in [0.4, 0.5) is 0 Å². The van der Waals surface area contributed by atoms with E-state index < -0.39 is 5.92 Å². The van der Waals surface area contributed by atoms with E-state index in [0.29, 0.717) is 6.61 Å². The fourth-order valence-electron chi connectivity index (χ4n) is 4.57. The van der Waals surface area contributed by atoms with E-state index in [9.17, 15) is 9.90 Å². The molecule has 0 spiro atoms. The van der Waals surface area contributed by atoms with Gasteiger partial charge in [0.1, 0.15) is 11.5 Å². The molecule has 0 unspecified atom stereocenters. The van der Waals surface area contributed by atoms with Crippen LogP contribution in [0.2, 0.25) is 0 Å². The van der Waals surface area contributed by atoms with Crippen molar-refractivity contribution in [1.29, 1.82) is 0 Å². The van der Waals surface area contributed by atoms with E-state index >= 15 is 0 Å². The Labute approximate surface area is 193 Å². The highest BCUT2D eigenvalue weighted by Crippen LogP contribution is 2.41. The second-order valence-electron chi connectivity index (χ2n) is 8.29. The highest BCUT2D eigenvalue weighted by molar-refractivity contribution is 5.87. The lowest BCUT2D eigenvalue weighted by atomic mass is 9.84. The molecular weight excluding hydrogens is 410 g/mol. The Morgan fingerprint density at radius 1 is 0.788 bits per heavy atom. The summed E-state index contributed by atoms with van der Waals surface area (Å²) in [6.07, 6.45) is 0. The quantitative estimate of drug-likeness (QED) is 0.432. The Hall–Kier alpha value is -4.05. The first-order valence-electron chi connectivity index (χ1n) is 11.1. The summed E-state index contributed by atoms with van der Waals surface area (Å²) in [5, 5.41) is 13.1. The van der Waals surface area contributed by atoms with Crippen molar-refractivity contribution in [1.82, 2.24) is 5.32 Å². The number of phenolic OH excluding ortho intramolecular Hbond substituents is 1. The first kappa shape index (κ1) is 20.8. The number of carbonyl (C=O) groups is 1. The molecule has 0 saturated heterocycles. The molecular formula is C29H25NO3. The molecule has 0 aliphatic carbocycles. The summed E-state index contributed by atoms with van der Waals surface area (Å²) >= 11 is 0. The molecule has 2 N–H and O–H groups in total. The number of benzene rings is 4. The Morgan fingerprint density at radius 3 is 2.00 bits per heavy atom. The molecule has 0 fully saturated rings. The Kier molecular flexibility index (Phi) is 5.81. The number of phenols is 1. The number of carbonyl (C=O) groups excluding carboxylic acids is 1. The lowest BCUT2D eigenvalue weighted by Gasteiger charge is -2.35. The van der Waals surface area contributed by atoms with Gasteiger partial charge in [-0.15, -0.1) is 0 Å². The molecule has 0 aromatic heterocycles. The van der Waals surface area contributed by atoms with Crippen LogP contribution in [-0.2, 0) is 4.79 Å². The van der Waals surface area contributed by atoms with Crippen molar-refractivity contribution in [2.24, 2.45) is 0 Å². The molecule has 1 aliphatic rings. The number of aromatic hydroxyl groups is 1. The lowest BCUT2D eigenvalue weighted by Crippen LogP contribution is -2.40. The first-order chi connectivity index (χ1) is 16.2. The summed E-state index contributed by atoms with van der Waals surface area (Å²) in [4.78, 5) is 13.9. The minimum atomic E-state index is -0.428. The second kappa shape index (κ2) is 9.21. The molecule has 0 saturated carbocycles. The van der Waals surface area contributed by atoms with Crippen molar-refractivity contribution < 1.29 is 14.6 Å². The van der Waals surface area contributed by atoms with Crippen molar-refractivity contribution in [3.05, 3.63) is 131 Å². The van der Waals surface area contributed by atoms with Crippen LogP contribution in [0.1, 0.15) is 40.1 Å². The average molecular weight is 436 g/mol. The van der Waals surface area contributed by atoms with Gasteiger partial charge >= 0.3 is 0 Å². The van der Waals surface area contributed by atoms with E-state index in [4.69, 9.17) is 4.74 Å². The van der Waals surface area contributed by atoms with Gasteiger partial charge in [-0.2, -0.15) is 0 Å². The fourth-order valence-corrected chi connectivity index (χ4v) is 4.57. The van der Waals surface area contributed by atoms with Crippen LogP contribution in [0.25, 0.3) is 0 Å². The summed E-state index contributed by atoms with van der Waals surface area (Å²) in [5.74, 6) is 0.427. The summed E-state index contributed by atoms with van der Waals surface area (Å²) in [5.41, 5.74) is 3.85. The third-order valence-electron chi connectivity index (χ3n) is 6.22. The molecule has 1 heterocycles. The number of hydrogen-bond acceptors (Lipinski definition) is 3. The van der Waals surface area contributed by atoms with E-state index in [2.05, 4.69) is 5.32 Å². The smallest absolute Gasteiger partial charge is 0.232 e. The number of rotatable bonds is 5. The highest BCUT2D eigenvalue weighted by atomic mass is 16.5. The van der Waals surface area contributed by atoms with Crippen molar-refractivity contribution in [3.63, 3.8) is 0 Å². The van der Waals surface area contributed by atoms with Gasteiger partial charge < -0.3 is 15.2 Å². The normalized spacial score (nSPS) is 17.1. The Bertz CT molecular complexity index is 1180. The fraction of sp³-hybridized carbons (Fsp3) is 0.138. The topological polar surface area (TPSA) is 58.6 Å². The van der Waals surface area contributed by atoms with Gasteiger partial charge in [0.2, 0.25) is 5.91 Å². The number of nitrogens with one attached hydrogen (secondary N) is 1. The Morgan fingerprint density at radius 2 is 1.36 bits per heavy atom. The minimum Gasteiger partial charge on any atom is -0.508 e. The van der Waals surface area contributed by atoms with Crippen LogP contribution < -0.4 is 10.1 Å². The predicted octanol–water partition coefficient (Wildman–Crippen LogP) is 5.56. The van der Waals surface area contributed by atoms with Gasteiger partial charge in [-0.1, -0.05) is 91.0 Å². The van der Waals surface area contributed by atoms with E-state index in [-0.39, 0.29) is 23.6 Å². The maximum absolute atomic E-state index is 13.9. The summed E-state index contributed by atoms with van der Waals surface area (Å²) in [6, 6.07) is 34.4. The number of ether oxygens (including phenoxy) is 1. The zero-order valence-electron chi connectivity index (χ0n) is 18.1. The molecule has 2 atom stereocenters. The number of hydrogen-bond donors (Lipinski definition) is 2. The van der Waals surface area contributed by atoms with Crippen molar-refractivity contribution in [2.75, 3.05) is 6.61 Å². The summed E-state index contributed by atoms with van der Waals surface area (Å²) in [6.45, 7) is 0.439. The van der Waals surface area contributed by atoms with E-state index in [1.54, 1.807) is 12.1 Å². The molecule has 4 heteroatoms. The van der Waals surface area contributed by atoms with E-state index in [0.717, 1.165) is 28.0 Å². The molecule has 5 rings (SSSR count). The number of fused-ring (bicyclic) bond motifs is 1. The van der Waals surface area contributed by atoms with Crippen LogP contribution >= 0.6 is 0 Å². The van der Waals surface area contributed by atoms with Gasteiger partial charge in [0, 0.05) is 11.5 Å². The lowest BCUT2D eigenvalue weighted by molar-refractivity contribution is -0.122. The standard InChI is InChI=1S/C29H25NO3/c31-23-17-15-20(16-18-23)25-19-33-26-14-8-7-13-24(26)28(25)30-29(32)27(21-9-3-1-4-10-21)22-11-5-2-6-12-22/h1-18,25,27-28,31H,19H2,(H,30,32)/t25-,28-/m1/s1. The number of para-hydroxylation sites is 1. The number of amides is 1. The summed E-state index contributed by atoms with van der Waals surface area (Å²) < 4.78 is 6.05. The SMILES string of the molecule is O=C(N[C@@H]1c2ccccc2OC[C@@H]1c1ccc(O)cc1)C(c1ccccc1)c1ccccc1. The molecule has 164 valence electrons. The predicted molar refractivity (Wildman–Crippen MR) is 128 cm³/mol. The molecule has 1 amide bonds. The second-order valence-corrected chi connectivity index (χ2v) is 8.29. The zero-order chi connectivity index (χ0) is 22.6. The summed E-state index contributed by atoms with van der Waals surface area (Å²) in [7, 11) is 0. The van der Waals surface area contributed by atoms with Crippen LogP contribution in [-0.4, -0.2) is 17.6 Å². The first-order valence-corrected chi connectivity index (χ1v) is 11.1. The third kappa shape index (κ3) is 4.33. The van der Waals surface area contributed by atoms with Crippen LogP contribution in [0, 0.1) is 0 Å². The van der Waals surface area contributed by atoms with Crippen LogP contribution in [0.15, 0.2) is 109 Å². The van der Waals surface area contributed by atoms with Gasteiger partial charge in [0.15, 0.2) is 0 Å². The average Bonchev–Trinajstić information content (AvgIpc) is 2.86. The van der Waals surface area contributed by atoms with Gasteiger partial charge in [-0.25, -0.2) is 0 Å². The largest absolute Gasteiger partial charge is 0.508 e. The third-order valence-corrected chi connectivity index (χ3v) is 6.22. The van der Waals surface area contributed by atoms with Gasteiger partial charge in [0.05, 0.1) is 18.6 Å². The zero-order valence-corrected chi connectivity index (χ0v) is 18.1. The van der Waals surface area contributed by atoms with Gasteiger partial charge in [0.25, 0.3) is 0 Å². The van der Waals surface area contributed by atoms with Gasteiger partial charge in [-0.3, -0.25) is 4.79 Å². The van der Waals surface area contributed by atoms with Crippen LogP contribution in [0.3, 0.4) is 0 Å². The highest BCUT2D eigenvalue weighted by Gasteiger charge is 2.35. The molecule has 0 radical (unpaired) electrons. The van der Waals surface area contributed by atoms with E-state index in [1.807, 2.05) is 97.1 Å². The van der Waals surface area contributed by atoms with Gasteiger partial charge in [-0.05, 0) is 34.9 Å². The maximum Gasteiger partial charge on any atom is 0.232 e. The van der Waals surface area contributed by atoms with Crippen molar-refractivity contribution in [2.45, 2.75) is 17.9 Å². The molecule has 4 nitrogen and oxygen atoms in total. The molecule has 0 bridgehead atoms. The van der Waals surface area contributed by atoms with Crippen molar-refractivity contribution in [3.8, 4) is 11.5 Å². The van der Waals surface area contributed by atoms with E-state index in [1.165, 1.54) is 0 Å². The molecule has 1 aliphatic heterocycles. The molecule has 4 aromatic rings. The minimum absolute atomic E-state index is 0.0575. The monoisotopic (exact) mass is 435 g/mol. The Balaban J connectivity index is 1.53. The molecule has 4 aromatic carbocycles.